The van der Waals surface area contributed by atoms with Crippen molar-refractivity contribution in [2.24, 2.45) is 0 Å². The van der Waals surface area contributed by atoms with Gasteiger partial charge in [-0.2, -0.15) is 0 Å². The maximum absolute atomic E-state index is 5.23. The van der Waals surface area contributed by atoms with Gasteiger partial charge in [0.25, 0.3) is 5.88 Å². The summed E-state index contributed by atoms with van der Waals surface area (Å²) in [5.74, 6) is 1.20. The van der Waals surface area contributed by atoms with Crippen molar-refractivity contribution >= 4 is 0 Å². The van der Waals surface area contributed by atoms with Gasteiger partial charge in [0.1, 0.15) is 0 Å². The summed E-state index contributed by atoms with van der Waals surface area (Å²) in [5.41, 5.74) is 1.13. The second-order valence-electron chi connectivity index (χ2n) is 3.65. The van der Waals surface area contributed by atoms with Crippen molar-refractivity contribution in [2.75, 3.05) is 20.8 Å². The first-order valence-electron chi connectivity index (χ1n) is 5.31. The molecule has 0 aliphatic carbocycles. The minimum atomic E-state index is 0.317. The Balaban J connectivity index is 2.24. The molecule has 0 radical (unpaired) electrons. The maximum Gasteiger partial charge on any atom is 0.256 e. The molecule has 0 aromatic carbocycles. The van der Waals surface area contributed by atoms with E-state index in [4.69, 9.17) is 9.47 Å². The van der Waals surface area contributed by atoms with E-state index < -0.39 is 0 Å². The highest BCUT2D eigenvalue weighted by Crippen LogP contribution is 2.28. The van der Waals surface area contributed by atoms with Gasteiger partial charge in [0, 0.05) is 18.8 Å². The lowest BCUT2D eigenvalue weighted by atomic mass is 10.0. The van der Waals surface area contributed by atoms with Gasteiger partial charge in [-0.1, -0.05) is 12.2 Å². The van der Waals surface area contributed by atoms with Crippen LogP contribution in [0.3, 0.4) is 0 Å². The lowest BCUT2D eigenvalue weighted by Gasteiger charge is -2.20. The second kappa shape index (κ2) is 4.99. The maximum atomic E-state index is 5.23. The van der Waals surface area contributed by atoms with Gasteiger partial charge in [-0.05, 0) is 18.1 Å². The van der Waals surface area contributed by atoms with Crippen molar-refractivity contribution in [2.45, 2.75) is 12.5 Å². The monoisotopic (exact) mass is 220 g/mol. The zero-order chi connectivity index (χ0) is 11.4. The third-order valence-electron chi connectivity index (χ3n) is 2.68. The fourth-order valence-corrected chi connectivity index (χ4v) is 1.80. The van der Waals surface area contributed by atoms with Crippen molar-refractivity contribution in [1.29, 1.82) is 0 Å². The van der Waals surface area contributed by atoms with Crippen LogP contribution in [0.5, 0.6) is 11.6 Å². The van der Waals surface area contributed by atoms with Crippen LogP contribution in [-0.4, -0.2) is 25.7 Å². The first-order valence-corrected chi connectivity index (χ1v) is 5.31. The zero-order valence-electron chi connectivity index (χ0n) is 9.56. The largest absolute Gasteiger partial charge is 0.491 e. The lowest BCUT2D eigenvalue weighted by molar-refractivity contribution is 0.341. The van der Waals surface area contributed by atoms with Crippen LogP contribution in [0.4, 0.5) is 0 Å². The van der Waals surface area contributed by atoms with Crippen molar-refractivity contribution in [3.63, 3.8) is 0 Å². The molecule has 16 heavy (non-hydrogen) atoms. The molecule has 0 saturated carbocycles. The SMILES string of the molecule is COc1cc(C2CC=CCN2)cnc1OC. The van der Waals surface area contributed by atoms with Gasteiger partial charge in [0.15, 0.2) is 5.75 Å². The number of pyridine rings is 1. The molecule has 1 N–H and O–H groups in total. The molecule has 1 aromatic rings. The molecule has 0 saturated heterocycles. The van der Waals surface area contributed by atoms with E-state index in [0.29, 0.717) is 17.7 Å². The molecule has 0 amide bonds. The van der Waals surface area contributed by atoms with Crippen LogP contribution in [0.1, 0.15) is 18.0 Å². The molecule has 4 heteroatoms. The number of hydrogen-bond acceptors (Lipinski definition) is 4. The first-order chi connectivity index (χ1) is 7.85. The topological polar surface area (TPSA) is 43.4 Å². The number of aromatic nitrogens is 1. The number of rotatable bonds is 3. The van der Waals surface area contributed by atoms with E-state index in [-0.39, 0.29) is 0 Å². The zero-order valence-corrected chi connectivity index (χ0v) is 9.56. The Bertz CT molecular complexity index is 391. The Hall–Kier alpha value is -1.55. The smallest absolute Gasteiger partial charge is 0.256 e. The van der Waals surface area contributed by atoms with Crippen molar-refractivity contribution < 1.29 is 9.47 Å². The molecular weight excluding hydrogens is 204 g/mol. The first kappa shape index (κ1) is 11.0. The summed E-state index contributed by atoms with van der Waals surface area (Å²) >= 11 is 0. The number of nitrogens with zero attached hydrogens (tertiary/aromatic N) is 1. The van der Waals surface area contributed by atoms with E-state index in [9.17, 15) is 0 Å². The molecular formula is C12H16N2O2. The minimum absolute atomic E-state index is 0.317. The van der Waals surface area contributed by atoms with E-state index in [1.54, 1.807) is 14.2 Å². The summed E-state index contributed by atoms with van der Waals surface area (Å²) in [7, 11) is 3.21. The van der Waals surface area contributed by atoms with Crippen LogP contribution in [0.15, 0.2) is 24.4 Å². The summed E-state index contributed by atoms with van der Waals surface area (Å²) in [6.45, 7) is 0.902. The van der Waals surface area contributed by atoms with Gasteiger partial charge < -0.3 is 14.8 Å². The van der Waals surface area contributed by atoms with E-state index in [1.165, 1.54) is 0 Å². The fourth-order valence-electron chi connectivity index (χ4n) is 1.80. The van der Waals surface area contributed by atoms with Gasteiger partial charge in [-0.15, -0.1) is 0 Å². The number of hydrogen-bond donors (Lipinski definition) is 1. The highest BCUT2D eigenvalue weighted by atomic mass is 16.5. The number of methoxy groups -OCH3 is 2. The molecule has 0 fully saturated rings. The third kappa shape index (κ3) is 2.17. The van der Waals surface area contributed by atoms with Crippen LogP contribution >= 0.6 is 0 Å². The quantitative estimate of drug-likeness (QED) is 0.787. The van der Waals surface area contributed by atoms with Crippen molar-refractivity contribution in [3.05, 3.63) is 30.0 Å². The Morgan fingerprint density at radius 2 is 2.19 bits per heavy atom. The van der Waals surface area contributed by atoms with Gasteiger partial charge in [-0.3, -0.25) is 0 Å². The van der Waals surface area contributed by atoms with Crippen LogP contribution in [0.2, 0.25) is 0 Å². The molecule has 2 rings (SSSR count). The molecule has 0 spiro atoms. The molecule has 1 aliphatic heterocycles. The Morgan fingerprint density at radius 3 is 2.81 bits per heavy atom. The second-order valence-corrected chi connectivity index (χ2v) is 3.65. The standard InChI is InChI=1S/C12H16N2O2/c1-15-11-7-9(8-14-12(11)16-2)10-5-3-4-6-13-10/h3-4,7-8,10,13H,5-6H2,1-2H3. The van der Waals surface area contributed by atoms with Gasteiger partial charge in [0.05, 0.1) is 14.2 Å². The molecule has 86 valence electrons. The van der Waals surface area contributed by atoms with Crippen LogP contribution in [-0.2, 0) is 0 Å². The van der Waals surface area contributed by atoms with Crippen molar-refractivity contribution in [3.8, 4) is 11.6 Å². The molecule has 1 unspecified atom stereocenters. The van der Waals surface area contributed by atoms with Gasteiger partial charge in [-0.25, -0.2) is 4.98 Å². The summed E-state index contributed by atoms with van der Waals surface area (Å²) in [5, 5.41) is 3.40. The summed E-state index contributed by atoms with van der Waals surface area (Å²) in [6, 6.07) is 2.29. The summed E-state index contributed by atoms with van der Waals surface area (Å²) in [4.78, 5) is 4.23. The van der Waals surface area contributed by atoms with Gasteiger partial charge >= 0.3 is 0 Å². The van der Waals surface area contributed by atoms with Crippen LogP contribution in [0, 0.1) is 0 Å². The normalized spacial score (nSPS) is 19.5. The average molecular weight is 220 g/mol. The van der Waals surface area contributed by atoms with E-state index >= 15 is 0 Å². The predicted octanol–water partition coefficient (Wildman–Crippen LogP) is 1.69. The van der Waals surface area contributed by atoms with E-state index in [1.807, 2.05) is 12.3 Å². The van der Waals surface area contributed by atoms with Crippen molar-refractivity contribution in [1.82, 2.24) is 10.3 Å². The van der Waals surface area contributed by atoms with Crippen LogP contribution in [0.25, 0.3) is 0 Å². The highest BCUT2D eigenvalue weighted by Gasteiger charge is 2.14. The number of ether oxygens (including phenoxy) is 2. The number of nitrogens with one attached hydrogen (secondary N) is 1. The summed E-state index contributed by atoms with van der Waals surface area (Å²) in [6.07, 6.45) is 7.12. The molecule has 1 atom stereocenters. The summed E-state index contributed by atoms with van der Waals surface area (Å²) < 4.78 is 10.3. The highest BCUT2D eigenvalue weighted by molar-refractivity contribution is 5.37. The molecule has 4 nitrogen and oxygen atoms in total. The van der Waals surface area contributed by atoms with E-state index in [2.05, 4.69) is 22.5 Å². The fraction of sp³-hybridized carbons (Fsp3) is 0.417. The Morgan fingerprint density at radius 1 is 1.31 bits per heavy atom. The van der Waals surface area contributed by atoms with Gasteiger partial charge in [0.2, 0.25) is 0 Å². The Labute approximate surface area is 95.3 Å². The molecule has 2 heterocycles. The minimum Gasteiger partial charge on any atom is -0.491 e. The van der Waals surface area contributed by atoms with E-state index in [0.717, 1.165) is 18.5 Å². The molecule has 1 aliphatic rings. The van der Waals surface area contributed by atoms with Crippen LogP contribution < -0.4 is 14.8 Å². The molecule has 1 aromatic heterocycles. The third-order valence-corrected chi connectivity index (χ3v) is 2.68. The Kier molecular flexibility index (Phi) is 3.41. The molecule has 0 bridgehead atoms. The lowest BCUT2D eigenvalue weighted by Crippen LogP contribution is -2.23. The average Bonchev–Trinajstić information content (AvgIpc) is 2.39. The predicted molar refractivity (Wildman–Crippen MR) is 61.8 cm³/mol.